The lowest BCUT2D eigenvalue weighted by atomic mass is 9.86. The van der Waals surface area contributed by atoms with Crippen LogP contribution in [0.2, 0.25) is 0 Å². The van der Waals surface area contributed by atoms with Crippen molar-refractivity contribution >= 4 is 46.1 Å². The van der Waals surface area contributed by atoms with Gasteiger partial charge in [-0.15, -0.1) is 0 Å². The molecule has 5 atom stereocenters. The minimum atomic E-state index is -4.93. The summed E-state index contributed by atoms with van der Waals surface area (Å²) in [5.41, 5.74) is 2.22. The summed E-state index contributed by atoms with van der Waals surface area (Å²) in [6.07, 6.45) is -7.05. The number of carbonyl (C=O) groups excluding carboxylic acids is 3. The molecule has 6 aliphatic rings. The van der Waals surface area contributed by atoms with Crippen molar-refractivity contribution in [3.05, 3.63) is 109 Å². The fourth-order valence-electron chi connectivity index (χ4n) is 12.0. The lowest BCUT2D eigenvalue weighted by molar-refractivity contribution is -0.172. The van der Waals surface area contributed by atoms with E-state index in [0.717, 1.165) is 18.6 Å². The van der Waals surface area contributed by atoms with Gasteiger partial charge in [-0.25, -0.2) is 27.7 Å². The number of carbonyl (C=O) groups is 3. The van der Waals surface area contributed by atoms with Gasteiger partial charge in [-0.1, -0.05) is 13.5 Å². The maximum absolute atomic E-state index is 15.7. The van der Waals surface area contributed by atoms with Crippen LogP contribution in [0.4, 0.5) is 48.3 Å². The number of aromatic nitrogens is 4. The Morgan fingerprint density at radius 1 is 1.04 bits per heavy atom. The summed E-state index contributed by atoms with van der Waals surface area (Å²) in [5, 5.41) is 13.9. The van der Waals surface area contributed by atoms with Crippen LogP contribution >= 0.6 is 0 Å². The van der Waals surface area contributed by atoms with E-state index in [1.807, 2.05) is 11.8 Å². The Bertz CT molecular complexity index is 3410. The van der Waals surface area contributed by atoms with Gasteiger partial charge < -0.3 is 44.2 Å². The maximum atomic E-state index is 15.7. The van der Waals surface area contributed by atoms with Crippen LogP contribution in [0.15, 0.2) is 47.3 Å². The Labute approximate surface area is 435 Å². The van der Waals surface area contributed by atoms with E-state index < -0.39 is 94.2 Å². The Hall–Kier alpha value is -7.31. The van der Waals surface area contributed by atoms with E-state index in [0.29, 0.717) is 46.7 Å². The summed E-state index contributed by atoms with van der Waals surface area (Å²) in [4.78, 5) is 72.5. The number of nitrogens with two attached hydrogens (primary N) is 1. The fourth-order valence-corrected chi connectivity index (χ4v) is 12.0. The van der Waals surface area contributed by atoms with Crippen molar-refractivity contribution in [2.75, 3.05) is 61.9 Å². The summed E-state index contributed by atoms with van der Waals surface area (Å²) in [7, 11) is 0. The molecule has 5 aromatic rings. The SMILES string of the molecule is C=C(COC(=O)Nc1cc2cc3c(nc2cc1F)-c1cc2c(c(=O)n1C3)COC(=O)[C@]2(O)CC)C(=O)N1CCN(c2nc(OC[C@@]34CCCN3C[C@H](F)C4)nc3c2CO[C@H](c2c(F)c(N)cc(C)c2C(F)(F)F)C3)[C@@H](C)C1. The first-order valence-electron chi connectivity index (χ1n) is 25.2. The summed E-state index contributed by atoms with van der Waals surface area (Å²) in [5.74, 6) is -3.18. The number of cyclic esters (lactones) is 1. The molecule has 3 fully saturated rings. The molecule has 24 heteroatoms. The quantitative estimate of drug-likeness (QED) is 0.0565. The Morgan fingerprint density at radius 2 is 1.83 bits per heavy atom. The van der Waals surface area contributed by atoms with Gasteiger partial charge in [0.15, 0.2) is 11.4 Å². The fraction of sp³-hybridized carbons (Fsp3) is 0.453. The standard InChI is InChI=1S/C53H53F6N9O9/c1-5-52(73)33-14-39-44-29(19-68(39)47(70)31(33)22-75-48(52)71)12-28-13-38(34(55)15-36(28)61-44)63-50(72)76-21-26(3)46(69)65-9-10-67(27(4)18-65)45-32-23-74-40(41-42(53(57,58)59)25(2)11-35(60)43(41)56)16-37(32)62-49(64-45)77-24-51-7-6-8-66(51)20-30(54)17-51/h11-15,27,30,40,73H,3,5-10,16-24,60H2,1-2,4H3,(H,63,72)/t27-,30+,40-,51-,52-/m0/s1. The number of halogens is 6. The lowest BCUT2D eigenvalue weighted by Crippen LogP contribution is -2.54. The predicted octanol–water partition coefficient (Wildman–Crippen LogP) is 6.67. The van der Waals surface area contributed by atoms with E-state index in [1.54, 1.807) is 19.1 Å². The van der Waals surface area contributed by atoms with Crippen LogP contribution in [0, 0.1) is 18.6 Å². The molecule has 2 aromatic carbocycles. The van der Waals surface area contributed by atoms with E-state index in [4.69, 9.17) is 29.7 Å². The molecule has 0 radical (unpaired) electrons. The first-order valence-corrected chi connectivity index (χ1v) is 25.2. The summed E-state index contributed by atoms with van der Waals surface area (Å²) in [6, 6.07) is 6.04. The molecule has 4 N–H and O–H groups in total. The number of aryl methyl sites for hydroxylation is 1. The van der Waals surface area contributed by atoms with Gasteiger partial charge in [-0.3, -0.25) is 19.8 Å². The van der Waals surface area contributed by atoms with Gasteiger partial charge in [-0.2, -0.15) is 23.1 Å². The number of hydrogen-bond donors (Lipinski definition) is 3. The summed E-state index contributed by atoms with van der Waals surface area (Å²) >= 11 is 0. The van der Waals surface area contributed by atoms with Crippen LogP contribution < -0.4 is 26.2 Å². The molecule has 2 amide bonds. The molecule has 3 saturated heterocycles. The number of rotatable bonds is 10. The summed E-state index contributed by atoms with van der Waals surface area (Å²) < 4.78 is 114. The second-order valence-electron chi connectivity index (χ2n) is 20.7. The molecule has 6 aliphatic heterocycles. The topological polar surface area (TPSA) is 217 Å². The smallest absolute Gasteiger partial charge is 0.417 e. The molecular formula is C53H53F6N9O9. The summed E-state index contributed by atoms with van der Waals surface area (Å²) in [6.45, 7) is 8.81. The van der Waals surface area contributed by atoms with Crippen LogP contribution in [0.5, 0.6) is 6.01 Å². The van der Waals surface area contributed by atoms with Gasteiger partial charge in [0.2, 0.25) is 0 Å². The van der Waals surface area contributed by atoms with Gasteiger partial charge >= 0.3 is 24.2 Å². The molecule has 406 valence electrons. The van der Waals surface area contributed by atoms with E-state index >= 15 is 8.78 Å². The molecule has 11 rings (SSSR count). The van der Waals surface area contributed by atoms with Crippen molar-refractivity contribution in [1.29, 1.82) is 0 Å². The number of esters is 1. The number of nitrogens with zero attached hydrogens (tertiary/aromatic N) is 7. The number of amides is 2. The average Bonchev–Trinajstić information content (AvgIpc) is 4.06. The third-order valence-electron chi connectivity index (χ3n) is 15.9. The maximum Gasteiger partial charge on any atom is 0.417 e. The highest BCUT2D eigenvalue weighted by molar-refractivity contribution is 5.95. The molecule has 0 saturated carbocycles. The van der Waals surface area contributed by atoms with E-state index in [9.17, 15) is 41.8 Å². The number of aliphatic hydroxyl groups is 1. The minimum absolute atomic E-state index is 0.0360. The largest absolute Gasteiger partial charge is 0.461 e. The Kier molecular flexibility index (Phi) is 12.8. The van der Waals surface area contributed by atoms with Crippen molar-refractivity contribution in [1.82, 2.24) is 29.3 Å². The third-order valence-corrected chi connectivity index (χ3v) is 15.9. The van der Waals surface area contributed by atoms with E-state index in [-0.39, 0.29) is 117 Å². The number of nitrogen functional groups attached to an aromatic ring is 1. The number of piperazine rings is 1. The van der Waals surface area contributed by atoms with Crippen molar-refractivity contribution in [2.45, 2.75) is 108 Å². The number of pyridine rings is 2. The van der Waals surface area contributed by atoms with Crippen molar-refractivity contribution < 1.29 is 64.8 Å². The molecule has 77 heavy (non-hydrogen) atoms. The van der Waals surface area contributed by atoms with Crippen LogP contribution in [0.1, 0.15) is 90.3 Å². The normalized spacial score (nSPS) is 23.7. The number of hydrogen-bond acceptors (Lipinski definition) is 15. The second-order valence-corrected chi connectivity index (χ2v) is 20.7. The highest BCUT2D eigenvalue weighted by Gasteiger charge is 2.50. The minimum Gasteiger partial charge on any atom is -0.461 e. The van der Waals surface area contributed by atoms with Crippen LogP contribution in [-0.4, -0.2) is 116 Å². The highest BCUT2D eigenvalue weighted by Crippen LogP contribution is 2.46. The van der Waals surface area contributed by atoms with E-state index in [2.05, 4.69) is 26.8 Å². The van der Waals surface area contributed by atoms with Crippen molar-refractivity contribution in [3.63, 3.8) is 0 Å². The molecule has 0 unspecified atom stereocenters. The first-order chi connectivity index (χ1) is 36.6. The van der Waals surface area contributed by atoms with Gasteiger partial charge in [0.05, 0.1) is 69.9 Å². The average molecular weight is 1070 g/mol. The van der Waals surface area contributed by atoms with Crippen LogP contribution in [-0.2, 0) is 61.8 Å². The van der Waals surface area contributed by atoms with Gasteiger partial charge in [-0.05, 0) is 69.5 Å². The number of fused-ring (bicyclic) bond motifs is 7. The molecule has 18 nitrogen and oxygen atoms in total. The Morgan fingerprint density at radius 3 is 2.58 bits per heavy atom. The third kappa shape index (κ3) is 8.86. The van der Waals surface area contributed by atoms with Crippen LogP contribution in [0.3, 0.4) is 0 Å². The van der Waals surface area contributed by atoms with Gasteiger partial charge in [0.1, 0.15) is 37.6 Å². The number of anilines is 3. The molecule has 9 heterocycles. The lowest BCUT2D eigenvalue weighted by Gasteiger charge is -2.42. The second kappa shape index (κ2) is 19.0. The molecule has 0 bridgehead atoms. The monoisotopic (exact) mass is 1070 g/mol. The van der Waals surface area contributed by atoms with Crippen molar-refractivity contribution in [2.24, 2.45) is 0 Å². The number of nitrogens with one attached hydrogen (secondary N) is 1. The van der Waals surface area contributed by atoms with E-state index in [1.165, 1.54) is 22.5 Å². The zero-order valence-corrected chi connectivity index (χ0v) is 42.1. The zero-order chi connectivity index (χ0) is 54.6. The van der Waals surface area contributed by atoms with Crippen LogP contribution in [0.25, 0.3) is 22.3 Å². The number of ether oxygens (including phenoxy) is 4. The molecule has 0 aliphatic carbocycles. The molecule has 3 aromatic heterocycles. The Balaban J connectivity index is 0.768. The van der Waals surface area contributed by atoms with Crippen molar-refractivity contribution in [3.8, 4) is 17.4 Å². The molecular weight excluding hydrogens is 1020 g/mol. The molecule has 0 spiro atoms. The predicted molar refractivity (Wildman–Crippen MR) is 264 cm³/mol. The number of benzene rings is 2. The number of alkyl halides is 4. The first kappa shape index (κ1) is 51.8. The highest BCUT2D eigenvalue weighted by atomic mass is 19.4. The van der Waals surface area contributed by atoms with Gasteiger partial charge in [0, 0.05) is 84.3 Å². The zero-order valence-electron chi connectivity index (χ0n) is 42.1. The van der Waals surface area contributed by atoms with Gasteiger partial charge in [0.25, 0.3) is 11.5 Å².